The van der Waals surface area contributed by atoms with Crippen molar-refractivity contribution in [1.82, 2.24) is 14.4 Å². The molecule has 1 atom stereocenters. The number of halogens is 1. The molecule has 0 saturated carbocycles. The zero-order valence-corrected chi connectivity index (χ0v) is 20.3. The van der Waals surface area contributed by atoms with Crippen molar-refractivity contribution in [2.24, 2.45) is 5.73 Å². The van der Waals surface area contributed by atoms with Crippen molar-refractivity contribution in [2.45, 2.75) is 9.79 Å². The van der Waals surface area contributed by atoms with Gasteiger partial charge in [-0.05, 0) is 30.3 Å². The third-order valence-corrected chi connectivity index (χ3v) is 7.67. The number of ether oxygens (including phenoxy) is 2. The van der Waals surface area contributed by atoms with E-state index in [4.69, 9.17) is 15.2 Å². The van der Waals surface area contributed by atoms with E-state index in [9.17, 15) is 17.4 Å². The number of aromatic nitrogens is 1. The van der Waals surface area contributed by atoms with Gasteiger partial charge in [-0.2, -0.15) is 0 Å². The van der Waals surface area contributed by atoms with Gasteiger partial charge in [0.2, 0.25) is 10.0 Å². The Morgan fingerprint density at radius 3 is 2.50 bits per heavy atom. The lowest BCUT2D eigenvalue weighted by atomic mass is 10.2. The number of aromatic amines is 1. The fourth-order valence-corrected chi connectivity index (χ4v) is 5.52. The minimum atomic E-state index is -3.84. The Hall–Kier alpha value is -2.45. The van der Waals surface area contributed by atoms with Crippen LogP contribution in [0.1, 0.15) is 10.5 Å². The first-order valence-electron chi connectivity index (χ1n) is 9.16. The van der Waals surface area contributed by atoms with Crippen LogP contribution in [0.15, 0.2) is 50.7 Å². The van der Waals surface area contributed by atoms with E-state index >= 15 is 0 Å². The fraction of sp³-hybridized carbons (Fsp3) is 0.211. The van der Waals surface area contributed by atoms with Crippen molar-refractivity contribution >= 4 is 53.7 Å². The Labute approximate surface area is 195 Å². The standard InChI is InChI=1S/C19H21BrN4O6S2/c1-29-15-6-4-12(10-16(15)30-2)32(27,28)23-8-7-22-31(26)18-13-9-11(20)3-5-14(13)24-17(18)19(21)25/h3-6,9-10,22-24H,7-8H2,1-2H3,(H2,21,25). The predicted octanol–water partition coefficient (Wildman–Crippen LogP) is 1.64. The lowest BCUT2D eigenvalue weighted by molar-refractivity contribution is 0.0993. The molecule has 0 radical (unpaired) electrons. The van der Waals surface area contributed by atoms with Crippen molar-refractivity contribution in [3.63, 3.8) is 0 Å². The van der Waals surface area contributed by atoms with Crippen LogP contribution in [-0.2, 0) is 21.0 Å². The van der Waals surface area contributed by atoms with Gasteiger partial charge in [0.05, 0.1) is 24.0 Å². The number of primary amides is 1. The molecule has 172 valence electrons. The van der Waals surface area contributed by atoms with Crippen LogP contribution in [0.5, 0.6) is 11.5 Å². The smallest absolute Gasteiger partial charge is 0.266 e. The topological polar surface area (TPSA) is 153 Å². The molecule has 10 nitrogen and oxygen atoms in total. The van der Waals surface area contributed by atoms with Crippen LogP contribution < -0.4 is 24.7 Å². The van der Waals surface area contributed by atoms with E-state index < -0.39 is 26.9 Å². The summed E-state index contributed by atoms with van der Waals surface area (Å²) >= 11 is 3.35. The summed E-state index contributed by atoms with van der Waals surface area (Å²) in [5.41, 5.74) is 6.04. The SMILES string of the molecule is COc1ccc(S(=O)(=O)NCCNS(=O)c2c(C(N)=O)[nH]c3ccc(Br)cc23)cc1OC. The first-order chi connectivity index (χ1) is 15.2. The maximum Gasteiger partial charge on any atom is 0.266 e. The molecule has 0 aliphatic carbocycles. The number of sulfonamides is 1. The molecule has 2 aromatic carbocycles. The molecule has 0 aliphatic rings. The number of nitrogens with two attached hydrogens (primary N) is 1. The first kappa shape index (κ1) is 24.2. The van der Waals surface area contributed by atoms with Gasteiger partial charge in [-0.25, -0.2) is 22.1 Å². The van der Waals surface area contributed by atoms with E-state index in [2.05, 4.69) is 30.4 Å². The van der Waals surface area contributed by atoms with Gasteiger partial charge < -0.3 is 20.2 Å². The second-order valence-corrected chi connectivity index (χ2v) is 10.4. The van der Waals surface area contributed by atoms with Crippen LogP contribution in [-0.4, -0.2) is 50.8 Å². The molecule has 0 saturated heterocycles. The summed E-state index contributed by atoms with van der Waals surface area (Å²) in [6, 6.07) is 9.43. The van der Waals surface area contributed by atoms with Crippen LogP contribution in [0.25, 0.3) is 10.9 Å². The number of nitrogens with one attached hydrogen (secondary N) is 3. The maximum atomic E-state index is 12.9. The predicted molar refractivity (Wildman–Crippen MR) is 124 cm³/mol. The molecule has 5 N–H and O–H groups in total. The van der Waals surface area contributed by atoms with Gasteiger partial charge >= 0.3 is 0 Å². The number of hydrogen-bond acceptors (Lipinski definition) is 6. The summed E-state index contributed by atoms with van der Waals surface area (Å²) in [4.78, 5) is 14.9. The number of carbonyl (C=O) groups excluding carboxylic acids is 1. The number of rotatable bonds is 10. The number of methoxy groups -OCH3 is 2. The molecular formula is C19H21BrN4O6S2. The van der Waals surface area contributed by atoms with E-state index in [1.807, 2.05) is 0 Å². The third kappa shape index (κ3) is 5.13. The summed E-state index contributed by atoms with van der Waals surface area (Å²) in [6.07, 6.45) is 0. The van der Waals surface area contributed by atoms with Crippen molar-refractivity contribution in [3.8, 4) is 11.5 Å². The molecule has 0 aliphatic heterocycles. The molecule has 1 amide bonds. The highest BCUT2D eigenvalue weighted by atomic mass is 79.9. The molecule has 1 aromatic heterocycles. The first-order valence-corrected chi connectivity index (χ1v) is 12.6. The van der Waals surface area contributed by atoms with Gasteiger partial charge in [-0.15, -0.1) is 0 Å². The zero-order chi connectivity index (χ0) is 23.5. The Morgan fingerprint density at radius 1 is 1.12 bits per heavy atom. The average Bonchev–Trinajstić information content (AvgIpc) is 3.15. The zero-order valence-electron chi connectivity index (χ0n) is 17.1. The number of benzene rings is 2. The monoisotopic (exact) mass is 544 g/mol. The Morgan fingerprint density at radius 2 is 1.84 bits per heavy atom. The number of fused-ring (bicyclic) bond motifs is 1. The number of carbonyl (C=O) groups is 1. The molecule has 1 unspecified atom stereocenters. The minimum Gasteiger partial charge on any atom is -0.493 e. The Balaban J connectivity index is 1.70. The van der Waals surface area contributed by atoms with Crippen LogP contribution >= 0.6 is 15.9 Å². The van der Waals surface area contributed by atoms with Gasteiger partial charge in [-0.1, -0.05) is 15.9 Å². The van der Waals surface area contributed by atoms with E-state index in [1.165, 1.54) is 32.4 Å². The van der Waals surface area contributed by atoms with Gasteiger partial charge in [-0.3, -0.25) is 4.79 Å². The van der Waals surface area contributed by atoms with E-state index in [0.717, 1.165) is 4.47 Å². The number of H-pyrrole nitrogens is 1. The Kier molecular flexibility index (Phi) is 7.56. The molecule has 13 heteroatoms. The quantitative estimate of drug-likeness (QED) is 0.284. The van der Waals surface area contributed by atoms with Crippen molar-refractivity contribution in [1.29, 1.82) is 0 Å². The largest absolute Gasteiger partial charge is 0.493 e. The molecule has 0 spiro atoms. The molecule has 0 bridgehead atoms. The maximum absolute atomic E-state index is 12.9. The molecule has 0 fully saturated rings. The summed E-state index contributed by atoms with van der Waals surface area (Å²) in [5, 5.41) is 0.560. The van der Waals surface area contributed by atoms with Crippen LogP contribution in [0, 0.1) is 0 Å². The second kappa shape index (κ2) is 10.0. The van der Waals surface area contributed by atoms with Gasteiger partial charge in [0.15, 0.2) is 11.5 Å². The van der Waals surface area contributed by atoms with E-state index in [-0.39, 0.29) is 34.3 Å². The molecule has 1 heterocycles. The second-order valence-electron chi connectivity index (χ2n) is 6.46. The summed E-state index contributed by atoms with van der Waals surface area (Å²) in [6.45, 7) is -0.0294. The fourth-order valence-electron chi connectivity index (χ4n) is 2.97. The highest BCUT2D eigenvalue weighted by Crippen LogP contribution is 2.29. The normalized spacial score (nSPS) is 12.6. The summed E-state index contributed by atoms with van der Waals surface area (Å²) in [7, 11) is -2.81. The van der Waals surface area contributed by atoms with E-state index in [0.29, 0.717) is 16.7 Å². The lowest BCUT2D eigenvalue weighted by Crippen LogP contribution is -2.33. The summed E-state index contributed by atoms with van der Waals surface area (Å²) < 4.78 is 54.1. The summed E-state index contributed by atoms with van der Waals surface area (Å²) in [5.74, 6) is -0.0742. The van der Waals surface area contributed by atoms with Crippen LogP contribution in [0.2, 0.25) is 0 Å². The molecule has 3 rings (SSSR count). The van der Waals surface area contributed by atoms with Crippen molar-refractivity contribution in [2.75, 3.05) is 27.3 Å². The number of amides is 1. The molecular weight excluding hydrogens is 524 g/mol. The minimum absolute atomic E-state index is 0.00577. The van der Waals surface area contributed by atoms with Gasteiger partial charge in [0, 0.05) is 34.5 Å². The van der Waals surface area contributed by atoms with E-state index in [1.54, 1.807) is 18.2 Å². The molecule has 3 aromatic rings. The third-order valence-electron chi connectivity index (χ3n) is 4.46. The van der Waals surface area contributed by atoms with Crippen molar-refractivity contribution < 1.29 is 26.9 Å². The van der Waals surface area contributed by atoms with Gasteiger partial charge in [0.25, 0.3) is 5.91 Å². The van der Waals surface area contributed by atoms with Gasteiger partial charge in [0.1, 0.15) is 16.7 Å². The highest BCUT2D eigenvalue weighted by molar-refractivity contribution is 9.10. The Bertz CT molecular complexity index is 1290. The number of hydrogen-bond donors (Lipinski definition) is 4. The molecule has 32 heavy (non-hydrogen) atoms. The lowest BCUT2D eigenvalue weighted by Gasteiger charge is -2.11. The van der Waals surface area contributed by atoms with Crippen molar-refractivity contribution in [3.05, 3.63) is 46.6 Å². The average molecular weight is 545 g/mol. The van der Waals surface area contributed by atoms with Crippen LogP contribution in [0.3, 0.4) is 0 Å². The van der Waals surface area contributed by atoms with Crippen LogP contribution in [0.4, 0.5) is 0 Å². The highest BCUT2D eigenvalue weighted by Gasteiger charge is 2.21.